The lowest BCUT2D eigenvalue weighted by Gasteiger charge is -2.22. The second kappa shape index (κ2) is 7.55. The van der Waals surface area contributed by atoms with E-state index >= 15 is 0 Å². The third kappa shape index (κ3) is 4.29. The van der Waals surface area contributed by atoms with Crippen molar-refractivity contribution < 1.29 is 9.59 Å². The van der Waals surface area contributed by atoms with E-state index in [0.717, 1.165) is 12.0 Å². The van der Waals surface area contributed by atoms with Crippen molar-refractivity contribution in [3.05, 3.63) is 59.4 Å². The Morgan fingerprint density at radius 1 is 1.04 bits per heavy atom. The topological polar surface area (TPSA) is 45.6 Å². The molecule has 0 radical (unpaired) electrons. The molecule has 0 atom stereocenters. The summed E-state index contributed by atoms with van der Waals surface area (Å²) in [5.74, 6) is 0.188. The van der Waals surface area contributed by atoms with Gasteiger partial charge in [0.25, 0.3) is 5.91 Å². The average molecular weight is 339 g/mol. The van der Waals surface area contributed by atoms with Crippen LogP contribution in [0.15, 0.2) is 42.7 Å². The maximum absolute atomic E-state index is 12.6. The number of aromatic nitrogens is 1. The Balaban J connectivity index is 1.59. The summed E-state index contributed by atoms with van der Waals surface area (Å²) in [5, 5.41) is 0. The molecule has 25 heavy (non-hydrogen) atoms. The molecule has 1 aromatic heterocycles. The molecule has 1 fully saturated rings. The lowest BCUT2D eigenvalue weighted by atomic mass is 10.1. The Bertz CT molecular complexity index is 766. The molecule has 5 heteroatoms. The van der Waals surface area contributed by atoms with Crippen molar-refractivity contribution in [1.82, 2.24) is 14.4 Å². The molecule has 0 unspecified atom stereocenters. The highest BCUT2D eigenvalue weighted by Gasteiger charge is 2.23. The second-order valence-electron chi connectivity index (χ2n) is 6.76. The van der Waals surface area contributed by atoms with E-state index in [4.69, 9.17) is 0 Å². The summed E-state index contributed by atoms with van der Waals surface area (Å²) in [6, 6.07) is 9.91. The van der Waals surface area contributed by atoms with Gasteiger partial charge in [-0.25, -0.2) is 0 Å². The highest BCUT2D eigenvalue weighted by molar-refractivity contribution is 5.94. The molecule has 3 rings (SSSR count). The molecular formula is C20H25N3O2. The lowest BCUT2D eigenvalue weighted by Crippen LogP contribution is -2.37. The van der Waals surface area contributed by atoms with Crippen LogP contribution >= 0.6 is 0 Å². The normalized spacial score (nSPS) is 15.1. The molecule has 132 valence electrons. The number of hydrogen-bond acceptors (Lipinski definition) is 2. The van der Waals surface area contributed by atoms with Gasteiger partial charge in [0, 0.05) is 45.6 Å². The highest BCUT2D eigenvalue weighted by atomic mass is 16.2. The minimum absolute atomic E-state index is 0.0496. The molecular weight excluding hydrogens is 314 g/mol. The molecule has 1 aliphatic rings. The summed E-state index contributed by atoms with van der Waals surface area (Å²) < 4.78 is 1.88. The Kier molecular flexibility index (Phi) is 5.22. The van der Waals surface area contributed by atoms with Crippen LogP contribution in [0.1, 0.15) is 27.9 Å². The van der Waals surface area contributed by atoms with Gasteiger partial charge in [-0.3, -0.25) is 9.59 Å². The van der Waals surface area contributed by atoms with Gasteiger partial charge in [0.1, 0.15) is 0 Å². The summed E-state index contributed by atoms with van der Waals surface area (Å²) in [7, 11) is 1.91. The van der Waals surface area contributed by atoms with Crippen molar-refractivity contribution in [2.45, 2.75) is 19.8 Å². The fourth-order valence-electron chi connectivity index (χ4n) is 3.29. The van der Waals surface area contributed by atoms with Crippen molar-refractivity contribution in [2.24, 2.45) is 7.05 Å². The number of rotatable bonds is 3. The monoisotopic (exact) mass is 339 g/mol. The first-order valence-electron chi connectivity index (χ1n) is 8.77. The van der Waals surface area contributed by atoms with Crippen molar-refractivity contribution >= 4 is 11.8 Å². The van der Waals surface area contributed by atoms with Crippen LogP contribution in [0.25, 0.3) is 0 Å². The molecule has 0 bridgehead atoms. The Morgan fingerprint density at radius 2 is 1.80 bits per heavy atom. The number of amides is 2. The molecule has 2 heterocycles. The first-order valence-corrected chi connectivity index (χ1v) is 8.77. The fourth-order valence-corrected chi connectivity index (χ4v) is 3.29. The van der Waals surface area contributed by atoms with Crippen molar-refractivity contribution in [2.75, 3.05) is 26.2 Å². The Morgan fingerprint density at radius 3 is 2.52 bits per heavy atom. The van der Waals surface area contributed by atoms with Gasteiger partial charge in [0.2, 0.25) is 5.91 Å². The van der Waals surface area contributed by atoms with E-state index < -0.39 is 0 Å². The van der Waals surface area contributed by atoms with Crippen molar-refractivity contribution in [1.29, 1.82) is 0 Å². The quantitative estimate of drug-likeness (QED) is 0.861. The minimum atomic E-state index is 0.0496. The molecule has 2 amide bonds. The Hall–Kier alpha value is -2.56. The number of hydrogen-bond donors (Lipinski definition) is 0. The van der Waals surface area contributed by atoms with E-state index in [-0.39, 0.29) is 11.8 Å². The van der Waals surface area contributed by atoms with Gasteiger partial charge in [-0.2, -0.15) is 0 Å². The van der Waals surface area contributed by atoms with E-state index in [9.17, 15) is 9.59 Å². The lowest BCUT2D eigenvalue weighted by molar-refractivity contribution is -0.130. The van der Waals surface area contributed by atoms with E-state index in [0.29, 0.717) is 38.2 Å². The molecule has 0 N–H and O–H groups in total. The van der Waals surface area contributed by atoms with E-state index in [2.05, 4.69) is 6.07 Å². The van der Waals surface area contributed by atoms with Crippen molar-refractivity contribution in [3.63, 3.8) is 0 Å². The predicted octanol–water partition coefficient (Wildman–Crippen LogP) is 2.25. The molecule has 5 nitrogen and oxygen atoms in total. The molecule has 1 saturated heterocycles. The highest BCUT2D eigenvalue weighted by Crippen LogP contribution is 2.12. The number of carbonyl (C=O) groups is 2. The summed E-state index contributed by atoms with van der Waals surface area (Å²) in [5.41, 5.74) is 2.93. The fraction of sp³-hybridized carbons (Fsp3) is 0.400. The van der Waals surface area contributed by atoms with Crippen LogP contribution in [0.5, 0.6) is 0 Å². The van der Waals surface area contributed by atoms with E-state index in [1.54, 1.807) is 0 Å². The van der Waals surface area contributed by atoms with Gasteiger partial charge >= 0.3 is 0 Å². The predicted molar refractivity (Wildman–Crippen MR) is 97.4 cm³/mol. The number of carbonyl (C=O) groups excluding carboxylic acids is 2. The van der Waals surface area contributed by atoms with Crippen LogP contribution in [0.2, 0.25) is 0 Å². The first-order chi connectivity index (χ1) is 12.0. The molecule has 1 aromatic carbocycles. The first kappa shape index (κ1) is 17.3. The van der Waals surface area contributed by atoms with Gasteiger partial charge in [0.05, 0.1) is 12.0 Å². The summed E-state index contributed by atoms with van der Waals surface area (Å²) in [6.45, 7) is 4.63. The van der Waals surface area contributed by atoms with Crippen LogP contribution in [-0.2, 0) is 18.3 Å². The SMILES string of the molecule is Cc1cccc(CC(=O)N2CCCN(C(=O)c3ccn(C)c3)CC2)c1. The summed E-state index contributed by atoms with van der Waals surface area (Å²) in [6.07, 6.45) is 4.96. The standard InChI is InChI=1S/C20H25N3O2/c1-16-5-3-6-17(13-16)14-19(24)22-8-4-9-23(12-11-22)20(25)18-7-10-21(2)15-18/h3,5-7,10,13,15H,4,8-9,11-12,14H2,1-2H3. The van der Waals surface area contributed by atoms with Gasteiger partial charge in [-0.15, -0.1) is 0 Å². The molecule has 0 saturated carbocycles. The van der Waals surface area contributed by atoms with Gasteiger partial charge in [-0.05, 0) is 25.0 Å². The van der Waals surface area contributed by atoms with Crippen LogP contribution in [-0.4, -0.2) is 52.4 Å². The molecule has 0 aliphatic carbocycles. The van der Waals surface area contributed by atoms with Crippen molar-refractivity contribution in [3.8, 4) is 0 Å². The molecule has 0 spiro atoms. The third-order valence-corrected chi connectivity index (χ3v) is 4.65. The second-order valence-corrected chi connectivity index (χ2v) is 6.76. The number of aryl methyl sites for hydroxylation is 2. The van der Waals surface area contributed by atoms with Crippen LogP contribution in [0.4, 0.5) is 0 Å². The zero-order valence-electron chi connectivity index (χ0n) is 14.9. The average Bonchev–Trinajstić information content (AvgIpc) is 2.87. The summed E-state index contributed by atoms with van der Waals surface area (Å²) in [4.78, 5) is 28.9. The maximum atomic E-state index is 12.6. The smallest absolute Gasteiger partial charge is 0.255 e. The summed E-state index contributed by atoms with van der Waals surface area (Å²) >= 11 is 0. The molecule has 2 aromatic rings. The zero-order chi connectivity index (χ0) is 17.8. The van der Waals surface area contributed by atoms with Crippen LogP contribution < -0.4 is 0 Å². The molecule has 1 aliphatic heterocycles. The van der Waals surface area contributed by atoms with E-state index in [1.165, 1.54) is 5.56 Å². The Labute approximate surface area is 148 Å². The minimum Gasteiger partial charge on any atom is -0.356 e. The largest absolute Gasteiger partial charge is 0.356 e. The van der Waals surface area contributed by atoms with E-state index in [1.807, 2.05) is 65.0 Å². The zero-order valence-corrected chi connectivity index (χ0v) is 14.9. The third-order valence-electron chi connectivity index (χ3n) is 4.65. The number of benzene rings is 1. The van der Waals surface area contributed by atoms with Gasteiger partial charge in [-0.1, -0.05) is 29.8 Å². The number of nitrogens with zero attached hydrogens (tertiary/aromatic N) is 3. The van der Waals surface area contributed by atoms with Gasteiger partial charge in [0.15, 0.2) is 0 Å². The van der Waals surface area contributed by atoms with Gasteiger partial charge < -0.3 is 14.4 Å². The van der Waals surface area contributed by atoms with Crippen LogP contribution in [0.3, 0.4) is 0 Å². The van der Waals surface area contributed by atoms with Crippen LogP contribution in [0, 0.1) is 6.92 Å². The maximum Gasteiger partial charge on any atom is 0.255 e.